The molecule has 2 fully saturated rings. The Kier molecular flexibility index (Phi) is 5.54. The fraction of sp³-hybridized carbons (Fsp3) is 0.722. The van der Waals surface area contributed by atoms with Crippen molar-refractivity contribution in [2.24, 2.45) is 5.41 Å². The van der Waals surface area contributed by atoms with Gasteiger partial charge in [-0.3, -0.25) is 9.78 Å². The van der Waals surface area contributed by atoms with Gasteiger partial charge in [0.1, 0.15) is 11.5 Å². The van der Waals surface area contributed by atoms with E-state index in [2.05, 4.69) is 16.9 Å². The second-order valence-corrected chi connectivity index (χ2v) is 7.24. The first kappa shape index (κ1) is 18.1. The van der Waals surface area contributed by atoms with Crippen molar-refractivity contribution >= 4 is 11.7 Å². The van der Waals surface area contributed by atoms with Crippen molar-refractivity contribution < 1.29 is 15.0 Å². The molecule has 0 spiro atoms. The van der Waals surface area contributed by atoms with Gasteiger partial charge in [0, 0.05) is 31.6 Å². The molecule has 1 aromatic rings. The molecule has 138 valence electrons. The molecular weight excluding hydrogens is 320 g/mol. The highest BCUT2D eigenvalue weighted by molar-refractivity contribution is 5.92. The molecule has 7 heteroatoms. The van der Waals surface area contributed by atoms with E-state index in [0.717, 1.165) is 38.8 Å². The lowest BCUT2D eigenvalue weighted by atomic mass is 9.73. The summed E-state index contributed by atoms with van der Waals surface area (Å²) in [6.45, 7) is 4.71. The van der Waals surface area contributed by atoms with Gasteiger partial charge in [-0.2, -0.15) is 0 Å². The van der Waals surface area contributed by atoms with Crippen molar-refractivity contribution in [2.45, 2.75) is 45.1 Å². The highest BCUT2D eigenvalue weighted by Crippen LogP contribution is 2.37. The van der Waals surface area contributed by atoms with Crippen LogP contribution in [-0.2, 0) is 0 Å². The summed E-state index contributed by atoms with van der Waals surface area (Å²) in [4.78, 5) is 25.0. The van der Waals surface area contributed by atoms with E-state index in [1.165, 1.54) is 6.20 Å². The van der Waals surface area contributed by atoms with Crippen LogP contribution in [0.15, 0.2) is 12.4 Å². The van der Waals surface area contributed by atoms with Gasteiger partial charge in [-0.05, 0) is 25.7 Å². The number of aliphatic hydroxyl groups is 2. The van der Waals surface area contributed by atoms with Crippen LogP contribution in [0.2, 0.25) is 0 Å². The summed E-state index contributed by atoms with van der Waals surface area (Å²) in [5.41, 5.74) is -0.0665. The van der Waals surface area contributed by atoms with Gasteiger partial charge in [0.15, 0.2) is 0 Å². The number of β-amino-alcohol motifs (C(OH)–C–C–N with tert-alkyl or cyclic N) is 1. The van der Waals surface area contributed by atoms with Crippen LogP contribution in [0.1, 0.15) is 49.5 Å². The number of carbonyl (C=O) groups excluding carboxylic acids is 1. The second kappa shape index (κ2) is 7.66. The smallest absolute Gasteiger partial charge is 0.274 e. The maximum Gasteiger partial charge on any atom is 0.274 e. The van der Waals surface area contributed by atoms with Gasteiger partial charge >= 0.3 is 0 Å². The van der Waals surface area contributed by atoms with Gasteiger partial charge in [-0.25, -0.2) is 4.98 Å². The Morgan fingerprint density at radius 1 is 1.32 bits per heavy atom. The Bertz CT molecular complexity index is 606. The molecule has 0 unspecified atom stereocenters. The lowest BCUT2D eigenvalue weighted by Crippen LogP contribution is -2.53. The van der Waals surface area contributed by atoms with Crippen LogP contribution < -0.4 is 4.90 Å². The number of amides is 1. The Balaban J connectivity index is 1.73. The van der Waals surface area contributed by atoms with E-state index in [9.17, 15) is 15.0 Å². The summed E-state index contributed by atoms with van der Waals surface area (Å²) in [5, 5.41) is 20.4. The first-order valence-corrected chi connectivity index (χ1v) is 9.25. The fourth-order valence-corrected chi connectivity index (χ4v) is 3.97. The molecule has 2 N–H and O–H groups in total. The molecule has 3 rings (SSSR count). The molecule has 1 aromatic heterocycles. The molecule has 3 heterocycles. The van der Waals surface area contributed by atoms with Crippen LogP contribution in [0, 0.1) is 5.41 Å². The summed E-state index contributed by atoms with van der Waals surface area (Å²) >= 11 is 0. The minimum absolute atomic E-state index is 0.00495. The van der Waals surface area contributed by atoms with Crippen LogP contribution in [0.5, 0.6) is 0 Å². The average molecular weight is 348 g/mol. The number of carbonyl (C=O) groups is 1. The molecule has 0 saturated carbocycles. The number of nitrogens with zero attached hydrogens (tertiary/aromatic N) is 4. The average Bonchev–Trinajstić information content (AvgIpc) is 3.18. The largest absolute Gasteiger partial charge is 0.396 e. The number of likely N-dealkylation sites (tertiary alicyclic amines) is 1. The number of rotatable bonds is 5. The molecule has 0 radical (unpaired) electrons. The van der Waals surface area contributed by atoms with Crippen molar-refractivity contribution in [2.75, 3.05) is 37.7 Å². The quantitative estimate of drug-likeness (QED) is 0.827. The third-order valence-corrected chi connectivity index (χ3v) is 5.60. The normalized spacial score (nSPS) is 26.9. The first-order chi connectivity index (χ1) is 12.1. The molecule has 25 heavy (non-hydrogen) atoms. The van der Waals surface area contributed by atoms with Crippen molar-refractivity contribution in [3.8, 4) is 0 Å². The zero-order chi connectivity index (χ0) is 17.9. The van der Waals surface area contributed by atoms with Crippen molar-refractivity contribution in [3.05, 3.63) is 18.1 Å². The summed E-state index contributed by atoms with van der Waals surface area (Å²) in [6, 6.07) is 0. The van der Waals surface area contributed by atoms with Crippen molar-refractivity contribution in [1.82, 2.24) is 14.9 Å². The topological polar surface area (TPSA) is 89.8 Å². The van der Waals surface area contributed by atoms with Gasteiger partial charge in [0.05, 0.1) is 25.1 Å². The maximum absolute atomic E-state index is 12.5. The minimum Gasteiger partial charge on any atom is -0.396 e. The van der Waals surface area contributed by atoms with Gasteiger partial charge in [-0.1, -0.05) is 13.3 Å². The highest BCUT2D eigenvalue weighted by Gasteiger charge is 2.41. The van der Waals surface area contributed by atoms with Gasteiger partial charge in [0.2, 0.25) is 0 Å². The lowest BCUT2D eigenvalue weighted by Gasteiger charge is -2.45. The van der Waals surface area contributed by atoms with Gasteiger partial charge in [-0.15, -0.1) is 0 Å². The Labute approximate surface area is 148 Å². The van der Waals surface area contributed by atoms with E-state index in [-0.39, 0.29) is 12.5 Å². The van der Waals surface area contributed by atoms with E-state index in [1.54, 1.807) is 6.20 Å². The number of piperidine rings is 1. The van der Waals surface area contributed by atoms with E-state index in [1.807, 2.05) is 9.80 Å². The number of anilines is 1. The summed E-state index contributed by atoms with van der Waals surface area (Å²) in [7, 11) is 0. The molecule has 0 aromatic carbocycles. The third kappa shape index (κ3) is 3.62. The Morgan fingerprint density at radius 3 is 2.72 bits per heavy atom. The third-order valence-electron chi connectivity index (χ3n) is 5.60. The molecule has 0 aliphatic carbocycles. The van der Waals surface area contributed by atoms with Crippen LogP contribution in [0.4, 0.5) is 5.82 Å². The SMILES string of the molecule is CCC[C@]1(CO)CCN(c2cncc(C(=O)N3CCCC3)n2)C[C@@H]1O. The predicted molar refractivity (Wildman–Crippen MR) is 94.4 cm³/mol. The minimum atomic E-state index is -0.620. The van der Waals surface area contributed by atoms with Crippen molar-refractivity contribution in [3.63, 3.8) is 0 Å². The maximum atomic E-state index is 12.5. The lowest BCUT2D eigenvalue weighted by molar-refractivity contribution is -0.0372. The fourth-order valence-electron chi connectivity index (χ4n) is 3.97. The van der Waals surface area contributed by atoms with Gasteiger partial charge in [0.25, 0.3) is 5.91 Å². The monoisotopic (exact) mass is 348 g/mol. The second-order valence-electron chi connectivity index (χ2n) is 7.24. The molecule has 2 atom stereocenters. The number of hydrogen-bond donors (Lipinski definition) is 2. The standard InChI is InChI=1S/C18H28N4O3/c1-2-5-18(13-23)6-9-22(12-15(18)24)16-11-19-10-14(20-16)17(25)21-7-3-4-8-21/h10-11,15,23-24H,2-9,12-13H2,1H3/t15-,18+/m0/s1. The number of aromatic nitrogens is 2. The highest BCUT2D eigenvalue weighted by atomic mass is 16.3. The summed E-state index contributed by atoms with van der Waals surface area (Å²) < 4.78 is 0. The molecule has 2 aliphatic rings. The van der Waals surface area contributed by atoms with Crippen LogP contribution >= 0.6 is 0 Å². The number of aliphatic hydroxyl groups excluding tert-OH is 2. The van der Waals surface area contributed by atoms with Crippen molar-refractivity contribution in [1.29, 1.82) is 0 Å². The van der Waals surface area contributed by atoms with E-state index in [0.29, 0.717) is 31.0 Å². The Morgan fingerprint density at radius 2 is 2.08 bits per heavy atom. The predicted octanol–water partition coefficient (Wildman–Crippen LogP) is 1.06. The van der Waals surface area contributed by atoms with E-state index >= 15 is 0 Å². The van der Waals surface area contributed by atoms with Crippen LogP contribution in [0.25, 0.3) is 0 Å². The molecule has 2 saturated heterocycles. The summed E-state index contributed by atoms with van der Waals surface area (Å²) in [5.74, 6) is 0.548. The molecule has 0 bridgehead atoms. The zero-order valence-corrected chi connectivity index (χ0v) is 14.9. The molecule has 2 aliphatic heterocycles. The summed E-state index contributed by atoms with van der Waals surface area (Å²) in [6.07, 6.45) is 7.04. The number of hydrogen-bond acceptors (Lipinski definition) is 6. The van der Waals surface area contributed by atoms with Crippen LogP contribution in [-0.4, -0.2) is 69.9 Å². The molecule has 1 amide bonds. The van der Waals surface area contributed by atoms with E-state index in [4.69, 9.17) is 0 Å². The zero-order valence-electron chi connectivity index (χ0n) is 14.9. The molecule has 7 nitrogen and oxygen atoms in total. The Hall–Kier alpha value is -1.73. The molecular formula is C18H28N4O3. The van der Waals surface area contributed by atoms with Gasteiger partial charge < -0.3 is 20.0 Å². The van der Waals surface area contributed by atoms with Crippen LogP contribution in [0.3, 0.4) is 0 Å². The first-order valence-electron chi connectivity index (χ1n) is 9.25. The van der Waals surface area contributed by atoms with E-state index < -0.39 is 11.5 Å².